The second kappa shape index (κ2) is 5.04. The summed E-state index contributed by atoms with van der Waals surface area (Å²) in [4.78, 5) is 2.44. The van der Waals surface area contributed by atoms with Gasteiger partial charge < -0.3 is 14.7 Å². The van der Waals surface area contributed by atoms with Gasteiger partial charge in [-0.05, 0) is 43.7 Å². The van der Waals surface area contributed by atoms with Crippen LogP contribution < -0.4 is 9.64 Å². The lowest BCUT2D eigenvalue weighted by molar-refractivity contribution is 0.194. The first-order chi connectivity index (χ1) is 9.20. The van der Waals surface area contributed by atoms with Crippen molar-refractivity contribution < 1.29 is 9.84 Å². The van der Waals surface area contributed by atoms with Crippen molar-refractivity contribution in [3.05, 3.63) is 23.8 Å². The van der Waals surface area contributed by atoms with E-state index >= 15 is 0 Å². The second-order valence-electron chi connectivity index (χ2n) is 5.93. The predicted molar refractivity (Wildman–Crippen MR) is 76.7 cm³/mol. The number of aliphatic hydroxyl groups is 1. The Hall–Kier alpha value is -1.22. The molecule has 2 fully saturated rings. The molecule has 3 heteroatoms. The highest BCUT2D eigenvalue weighted by atomic mass is 16.5. The van der Waals surface area contributed by atoms with E-state index in [4.69, 9.17) is 4.74 Å². The van der Waals surface area contributed by atoms with Gasteiger partial charge in [0.1, 0.15) is 5.75 Å². The molecule has 104 valence electrons. The predicted octanol–water partition coefficient (Wildman–Crippen LogP) is 2.98. The Bertz CT molecular complexity index is 446. The highest BCUT2D eigenvalue weighted by Gasteiger charge is 2.37. The fraction of sp³-hybridized carbons (Fsp3) is 0.625. The van der Waals surface area contributed by atoms with Crippen LogP contribution in [-0.2, 0) is 0 Å². The summed E-state index contributed by atoms with van der Waals surface area (Å²) in [7, 11) is 1.67. The molecule has 3 nitrogen and oxygen atoms in total. The maximum Gasteiger partial charge on any atom is 0.126 e. The number of fused-ring (bicyclic) bond motifs is 1. The number of rotatable bonds is 3. The lowest BCUT2D eigenvalue weighted by Gasteiger charge is -2.25. The topological polar surface area (TPSA) is 32.7 Å². The Balaban J connectivity index is 1.92. The lowest BCUT2D eigenvalue weighted by Crippen LogP contribution is -2.22. The molecule has 0 bridgehead atoms. The average Bonchev–Trinajstić information content (AvgIpc) is 2.98. The van der Waals surface area contributed by atoms with Gasteiger partial charge in [-0.1, -0.05) is 12.5 Å². The van der Waals surface area contributed by atoms with Gasteiger partial charge in [0, 0.05) is 24.3 Å². The Morgan fingerprint density at radius 3 is 2.53 bits per heavy atom. The van der Waals surface area contributed by atoms with Crippen molar-refractivity contribution in [2.75, 3.05) is 25.1 Å². The molecule has 1 saturated carbocycles. The molecular weight excluding hydrogens is 238 g/mol. The molecule has 1 saturated heterocycles. The first-order valence-electron chi connectivity index (χ1n) is 7.30. The van der Waals surface area contributed by atoms with Crippen LogP contribution in [0.3, 0.4) is 0 Å². The van der Waals surface area contributed by atoms with Crippen LogP contribution in [-0.4, -0.2) is 25.3 Å². The molecule has 3 rings (SSSR count). The SMILES string of the molecule is COc1cccc(N2CC3CCCC3C2)c1[C@@H](C)O. The van der Waals surface area contributed by atoms with Gasteiger partial charge in [-0.25, -0.2) is 0 Å². The largest absolute Gasteiger partial charge is 0.496 e. The highest BCUT2D eigenvalue weighted by Crippen LogP contribution is 2.42. The molecule has 1 aliphatic heterocycles. The van der Waals surface area contributed by atoms with Crippen LogP contribution in [0.5, 0.6) is 5.75 Å². The normalized spacial score (nSPS) is 27.4. The fourth-order valence-corrected chi connectivity index (χ4v) is 3.84. The number of hydrogen-bond acceptors (Lipinski definition) is 3. The van der Waals surface area contributed by atoms with Gasteiger partial charge in [-0.15, -0.1) is 0 Å². The summed E-state index contributed by atoms with van der Waals surface area (Å²) in [6, 6.07) is 6.07. The number of anilines is 1. The molecule has 0 radical (unpaired) electrons. The van der Waals surface area contributed by atoms with Gasteiger partial charge in [0.15, 0.2) is 0 Å². The highest BCUT2D eigenvalue weighted by molar-refractivity contribution is 5.61. The molecule has 2 aliphatic rings. The summed E-state index contributed by atoms with van der Waals surface area (Å²) in [5, 5.41) is 10.1. The first-order valence-corrected chi connectivity index (χ1v) is 7.30. The molecule has 19 heavy (non-hydrogen) atoms. The maximum absolute atomic E-state index is 10.1. The van der Waals surface area contributed by atoms with Gasteiger partial charge in [0.25, 0.3) is 0 Å². The molecule has 3 atom stereocenters. The van der Waals surface area contributed by atoms with Crippen molar-refractivity contribution in [3.63, 3.8) is 0 Å². The molecule has 0 spiro atoms. The maximum atomic E-state index is 10.1. The van der Waals surface area contributed by atoms with Crippen LogP contribution in [0.15, 0.2) is 18.2 Å². The Morgan fingerprint density at radius 1 is 1.26 bits per heavy atom. The van der Waals surface area contributed by atoms with Gasteiger partial charge >= 0.3 is 0 Å². The molecule has 1 aliphatic carbocycles. The minimum Gasteiger partial charge on any atom is -0.496 e. The minimum atomic E-state index is -0.494. The summed E-state index contributed by atoms with van der Waals surface area (Å²) in [6.45, 7) is 4.09. The number of ether oxygens (including phenoxy) is 1. The third-order valence-corrected chi connectivity index (χ3v) is 4.75. The molecular formula is C16H23NO2. The smallest absolute Gasteiger partial charge is 0.126 e. The third-order valence-electron chi connectivity index (χ3n) is 4.75. The summed E-state index contributed by atoms with van der Waals surface area (Å²) >= 11 is 0. The summed E-state index contributed by atoms with van der Waals surface area (Å²) in [5.41, 5.74) is 2.09. The zero-order valence-corrected chi connectivity index (χ0v) is 11.8. The Labute approximate surface area is 115 Å². The van der Waals surface area contributed by atoms with Gasteiger partial charge in [-0.3, -0.25) is 0 Å². The van der Waals surface area contributed by atoms with Crippen molar-refractivity contribution >= 4 is 5.69 Å². The third kappa shape index (κ3) is 2.20. The van der Waals surface area contributed by atoms with Gasteiger partial charge in [-0.2, -0.15) is 0 Å². The van der Waals surface area contributed by atoms with Crippen LogP contribution >= 0.6 is 0 Å². The van der Waals surface area contributed by atoms with E-state index in [1.807, 2.05) is 19.1 Å². The van der Waals surface area contributed by atoms with E-state index in [0.29, 0.717) is 0 Å². The van der Waals surface area contributed by atoms with E-state index < -0.39 is 6.10 Å². The van der Waals surface area contributed by atoms with Crippen LogP contribution in [0.2, 0.25) is 0 Å². The molecule has 1 N–H and O–H groups in total. The Morgan fingerprint density at radius 2 is 1.95 bits per heavy atom. The standard InChI is InChI=1S/C16H23NO2/c1-11(18)16-14(7-4-8-15(16)19-2)17-9-12-5-3-6-13(12)10-17/h4,7-8,11-13,18H,3,5-6,9-10H2,1-2H3/t11-,12?,13?/m1/s1. The van der Waals surface area contributed by atoms with Crippen LogP contribution in [0.25, 0.3) is 0 Å². The lowest BCUT2D eigenvalue weighted by atomic mass is 10.0. The first kappa shape index (κ1) is 12.8. The minimum absolute atomic E-state index is 0.494. The fourth-order valence-electron chi connectivity index (χ4n) is 3.84. The van der Waals surface area contributed by atoms with E-state index in [1.54, 1.807) is 7.11 Å². The zero-order chi connectivity index (χ0) is 13.4. The summed E-state index contributed by atoms with van der Waals surface area (Å²) < 4.78 is 5.41. The van der Waals surface area contributed by atoms with Crippen molar-refractivity contribution in [3.8, 4) is 5.75 Å². The van der Waals surface area contributed by atoms with Crippen molar-refractivity contribution in [1.29, 1.82) is 0 Å². The molecule has 1 aromatic carbocycles. The van der Waals surface area contributed by atoms with E-state index in [2.05, 4.69) is 11.0 Å². The number of benzene rings is 1. The van der Waals surface area contributed by atoms with Gasteiger partial charge in [0.2, 0.25) is 0 Å². The molecule has 2 unspecified atom stereocenters. The quantitative estimate of drug-likeness (QED) is 0.908. The van der Waals surface area contributed by atoms with Crippen LogP contribution in [0.1, 0.15) is 37.9 Å². The number of hydrogen-bond donors (Lipinski definition) is 1. The van der Waals surface area contributed by atoms with E-state index in [1.165, 1.54) is 19.3 Å². The average molecular weight is 261 g/mol. The summed E-state index contributed by atoms with van der Waals surface area (Å²) in [5.74, 6) is 2.51. The number of methoxy groups -OCH3 is 1. The molecule has 1 aromatic rings. The number of aliphatic hydroxyl groups excluding tert-OH is 1. The molecule has 0 amide bonds. The summed E-state index contributed by atoms with van der Waals surface area (Å²) in [6.07, 6.45) is 3.64. The number of nitrogens with zero attached hydrogens (tertiary/aromatic N) is 1. The zero-order valence-electron chi connectivity index (χ0n) is 11.8. The van der Waals surface area contributed by atoms with E-state index in [-0.39, 0.29) is 0 Å². The van der Waals surface area contributed by atoms with E-state index in [0.717, 1.165) is 41.9 Å². The Kier molecular flexibility index (Phi) is 3.40. The molecule has 1 heterocycles. The molecule has 0 aromatic heterocycles. The van der Waals surface area contributed by atoms with Crippen molar-refractivity contribution in [1.82, 2.24) is 0 Å². The van der Waals surface area contributed by atoms with Crippen LogP contribution in [0, 0.1) is 11.8 Å². The monoisotopic (exact) mass is 261 g/mol. The van der Waals surface area contributed by atoms with Crippen molar-refractivity contribution in [2.45, 2.75) is 32.3 Å². The van der Waals surface area contributed by atoms with Crippen LogP contribution in [0.4, 0.5) is 5.69 Å². The van der Waals surface area contributed by atoms with E-state index in [9.17, 15) is 5.11 Å². The van der Waals surface area contributed by atoms with Gasteiger partial charge in [0.05, 0.1) is 13.2 Å². The van der Waals surface area contributed by atoms with Crippen molar-refractivity contribution in [2.24, 2.45) is 11.8 Å². The second-order valence-corrected chi connectivity index (χ2v) is 5.93.